The van der Waals surface area contributed by atoms with Gasteiger partial charge in [-0.05, 0) is 104 Å². The van der Waals surface area contributed by atoms with E-state index in [0.717, 1.165) is 25.7 Å². The summed E-state index contributed by atoms with van der Waals surface area (Å²) in [6, 6.07) is -26.7. The number of amides is 20. The fraction of sp³-hybridized carbons (Fsp3) is 0.648. The second kappa shape index (κ2) is 56.2. The summed E-state index contributed by atoms with van der Waals surface area (Å²) in [7, 11) is 0. The van der Waals surface area contributed by atoms with Crippen LogP contribution >= 0.6 is 0 Å². The quantitative estimate of drug-likeness (QED) is 0.0153. The number of hydrogen-bond acceptors (Lipinski definition) is 29. The third-order valence-electron chi connectivity index (χ3n) is 18.3. The third-order valence-corrected chi connectivity index (χ3v) is 18.3. The first-order valence-corrected chi connectivity index (χ1v) is 39.5. The Morgan fingerprint density at radius 3 is 1.32 bits per heavy atom. The van der Waals surface area contributed by atoms with E-state index >= 15 is 0 Å². The number of unbranched alkanes of at least 4 members (excludes halogenated alkanes) is 1. The Morgan fingerprint density at radius 2 is 0.825 bits per heavy atom. The van der Waals surface area contributed by atoms with E-state index in [9.17, 15) is 146 Å². The predicted octanol–water partition coefficient (Wildman–Crippen LogP) is -15.1. The minimum atomic E-state index is -2.16. The van der Waals surface area contributed by atoms with Gasteiger partial charge in [0.15, 0.2) is 5.96 Å². The summed E-state index contributed by atoms with van der Waals surface area (Å²) < 4.78 is 0. The zero-order valence-electron chi connectivity index (χ0n) is 69.8. The van der Waals surface area contributed by atoms with Gasteiger partial charge in [-0.2, -0.15) is 0 Å². The zero-order valence-corrected chi connectivity index (χ0v) is 69.8. The van der Waals surface area contributed by atoms with Crippen LogP contribution < -0.4 is 125 Å². The fourth-order valence-corrected chi connectivity index (χ4v) is 11.8. The number of aliphatic hydroxyl groups excluding tert-OH is 2. The van der Waals surface area contributed by atoms with Crippen LogP contribution in [0.25, 0.3) is 0 Å². The monoisotopic (exact) mass is 1800 g/mol. The Bertz CT molecular complexity index is 3950. The lowest BCUT2D eigenvalue weighted by atomic mass is 10.0. The molecule has 0 aliphatic carbocycles. The first-order valence-electron chi connectivity index (χ1n) is 39.5. The van der Waals surface area contributed by atoms with E-state index < -0.39 is 329 Å². The molecule has 0 saturated carbocycles. The molecule has 0 radical (unpaired) electrons. The number of aliphatic hydroxyl groups is 2. The second-order valence-electron chi connectivity index (χ2n) is 29.5. The van der Waals surface area contributed by atoms with Crippen molar-refractivity contribution in [2.45, 2.75) is 247 Å². The van der Waals surface area contributed by atoms with Crippen LogP contribution in [0.2, 0.25) is 0 Å². The second-order valence-corrected chi connectivity index (χ2v) is 29.5. The molecule has 20 amide bonds. The van der Waals surface area contributed by atoms with Crippen molar-refractivity contribution in [2.75, 3.05) is 39.3 Å². The zero-order chi connectivity index (χ0) is 96.1. The van der Waals surface area contributed by atoms with Gasteiger partial charge in [-0.25, -0.2) is 4.79 Å². The molecule has 0 spiro atoms. The molecule has 55 heteroatoms. The van der Waals surface area contributed by atoms with Crippen molar-refractivity contribution >= 4 is 148 Å². The fourth-order valence-electron chi connectivity index (χ4n) is 11.8. The van der Waals surface area contributed by atoms with Crippen molar-refractivity contribution in [3.05, 3.63) is 0 Å². The molecule has 126 heavy (non-hydrogen) atoms. The first-order chi connectivity index (χ1) is 58.8. The molecule has 0 aromatic rings. The minimum Gasteiger partial charge on any atom is -0.481 e. The van der Waals surface area contributed by atoms with Gasteiger partial charge in [0.1, 0.15) is 84.6 Å². The molecule has 0 aromatic heterocycles. The van der Waals surface area contributed by atoms with Gasteiger partial charge in [-0.15, -0.1) is 0 Å². The molecule has 1 aliphatic rings. The molecule has 0 aromatic carbocycles. The van der Waals surface area contributed by atoms with Gasteiger partial charge in [0.2, 0.25) is 118 Å². The first kappa shape index (κ1) is 110. The van der Waals surface area contributed by atoms with E-state index in [1.54, 1.807) is 13.8 Å². The minimum absolute atomic E-state index is 0.0115. The van der Waals surface area contributed by atoms with Crippen LogP contribution in [0.5, 0.6) is 0 Å². The van der Waals surface area contributed by atoms with Crippen molar-refractivity contribution < 1.29 is 146 Å². The van der Waals surface area contributed by atoms with Crippen molar-refractivity contribution in [3.8, 4) is 0 Å². The SMILES string of the molecule is CC(C)C[C@H](NC(=O)[C@@H](N)CC(N)=O)C(=O)N[C@@H](CCC(N)=O)C(=O)N[C@@H](CCCCN)C(=O)N[C@@H](CC(=O)O)C(=O)N[C@@H](CCC(=O)O)C(=O)N1CCC[C@H]1C(=O)N[C@@H](CC(N)=O)C(=O)NCC(=O)N[C@@H](CCCNC(=N)N)C(=O)N[C@@H](C)C(=O)N[C@@H](CO)C(=O)N[C@@H](CC(=O)O)C(=O)N[C@H](C(=O)N[C@@H](C)C(=O)NCC(=O)N[C@@H](CCC(N)=O)C(=O)O)[C@@H](C)O. The highest BCUT2D eigenvalue weighted by Gasteiger charge is 2.43. The Labute approximate surface area is 719 Å². The van der Waals surface area contributed by atoms with Crippen LogP contribution in [0.15, 0.2) is 0 Å². The van der Waals surface area contributed by atoms with E-state index in [-0.39, 0.29) is 76.9 Å². The van der Waals surface area contributed by atoms with Crippen LogP contribution in [-0.4, -0.2) is 320 Å². The lowest BCUT2D eigenvalue weighted by molar-refractivity contribution is -0.144. The van der Waals surface area contributed by atoms with E-state index in [1.807, 2.05) is 10.6 Å². The molecule has 1 heterocycles. The number of carboxylic acid groups (broad SMARTS) is 4. The maximum Gasteiger partial charge on any atom is 0.326 e. The molecule has 1 saturated heterocycles. The van der Waals surface area contributed by atoms with Crippen molar-refractivity contribution in [2.24, 2.45) is 46.1 Å². The van der Waals surface area contributed by atoms with E-state index in [0.29, 0.717) is 0 Å². The molecule has 0 bridgehead atoms. The molecule has 55 nitrogen and oxygen atoms in total. The standard InChI is InChI=1S/C71H117N25O30/c1-30(2)22-40(90-58(113)34(73)23-48(76)101)63(118)88-37(13-16-46(74)99)62(117)87-36(10-6-7-19-72)61(116)91-42(25-53(107)108)64(119)89-38(15-18-52(105)106)69(124)96-21-9-12-45(96)67(122)93-41(24-49(77)102)59(114)82-28-50(103)85-35(11-8-20-80-71(78)79)60(115)83-32(4)57(112)94-44(29-97)66(121)92-43(26-54(109)110)65(120)95-55(33(5)98)68(123)84-31(3)56(111)81-27-51(104)86-39(70(125)126)14-17-47(75)100/h30-45,55,97-98H,6-29,72-73H2,1-5H3,(H2,74,99)(H2,75,100)(H2,76,101)(H2,77,102)(H,81,111)(H,82,114)(H,83,115)(H,84,123)(H,85,103)(H,86,104)(H,87,117)(H,88,118)(H,89,119)(H,90,113)(H,91,116)(H,92,121)(H,93,122)(H,94,112)(H,95,120)(H,105,106)(H,107,108)(H,109,110)(H,125,126)(H4,78,79,80)/t31-,32-,33+,34-,35-,36-,37-,38-,39-,40-,41-,42-,43-,44-,45-,55-/m0/s1. The normalized spacial score (nSPS) is 15.7. The maximum atomic E-state index is 14.5. The number of carbonyl (C=O) groups excluding carboxylic acids is 20. The molecule has 1 fully saturated rings. The predicted molar refractivity (Wildman–Crippen MR) is 429 cm³/mol. The van der Waals surface area contributed by atoms with Gasteiger partial charge < -0.3 is 161 Å². The van der Waals surface area contributed by atoms with Gasteiger partial charge in [0.05, 0.1) is 57.5 Å². The largest absolute Gasteiger partial charge is 0.481 e. The number of aliphatic carboxylic acids is 4. The lowest BCUT2D eigenvalue weighted by Gasteiger charge is -2.30. The number of nitrogens with two attached hydrogens (primary N) is 7. The number of nitrogens with zero attached hydrogens (tertiary/aromatic N) is 1. The van der Waals surface area contributed by atoms with Crippen LogP contribution in [0.1, 0.15) is 150 Å². The number of primary amides is 4. The summed E-state index contributed by atoms with van der Waals surface area (Å²) in [6.07, 6.45) is -10.0. The Morgan fingerprint density at radius 1 is 0.405 bits per heavy atom. The van der Waals surface area contributed by atoms with Gasteiger partial charge in [-0.1, -0.05) is 13.8 Å². The number of guanidine groups is 1. The van der Waals surface area contributed by atoms with Gasteiger partial charge in [0.25, 0.3) is 0 Å². The highest BCUT2D eigenvalue weighted by molar-refractivity contribution is 6.02. The van der Waals surface area contributed by atoms with Gasteiger partial charge in [-0.3, -0.25) is 116 Å². The van der Waals surface area contributed by atoms with E-state index in [4.69, 9.17) is 45.5 Å². The summed E-state index contributed by atoms with van der Waals surface area (Å²) in [6.45, 7) is 2.87. The van der Waals surface area contributed by atoms with Crippen LogP contribution in [0.4, 0.5) is 0 Å². The van der Waals surface area contributed by atoms with Crippen LogP contribution in [0.3, 0.4) is 0 Å². The Balaban J connectivity index is 3.44. The molecule has 16 atom stereocenters. The molecular weight excluding hydrogens is 1680 g/mol. The summed E-state index contributed by atoms with van der Waals surface area (Å²) >= 11 is 0. The average molecular weight is 1800 g/mol. The highest BCUT2D eigenvalue weighted by Crippen LogP contribution is 2.21. The van der Waals surface area contributed by atoms with Crippen molar-refractivity contribution in [1.29, 1.82) is 5.41 Å². The topological polar surface area (TPSA) is 933 Å². The molecular formula is C71H117N25O30. The number of likely N-dealkylation sites (tertiary alicyclic amines) is 1. The van der Waals surface area contributed by atoms with E-state index in [1.165, 1.54) is 0 Å². The van der Waals surface area contributed by atoms with E-state index in [2.05, 4.69) is 74.4 Å². The summed E-state index contributed by atoms with van der Waals surface area (Å²) in [5.74, 6) is -30.7. The van der Waals surface area contributed by atoms with Crippen molar-refractivity contribution in [3.63, 3.8) is 0 Å². The number of hydrogen-bond donors (Lipinski definition) is 30. The van der Waals surface area contributed by atoms with Gasteiger partial charge >= 0.3 is 23.9 Å². The summed E-state index contributed by atoms with van der Waals surface area (Å²) in [5.41, 5.74) is 37.8. The molecule has 1 rings (SSSR count). The molecule has 1 aliphatic heterocycles. The number of rotatable bonds is 61. The summed E-state index contributed by atoms with van der Waals surface area (Å²) in [5, 5.41) is 102. The molecule has 37 N–H and O–H groups in total. The number of nitrogens with one attached hydrogen (secondary N) is 17. The van der Waals surface area contributed by atoms with Crippen LogP contribution in [-0.2, 0) is 115 Å². The summed E-state index contributed by atoms with van der Waals surface area (Å²) in [4.78, 5) is 314. The highest BCUT2D eigenvalue weighted by atomic mass is 16.4. The molecule has 706 valence electrons. The smallest absolute Gasteiger partial charge is 0.326 e. The Hall–Kier alpha value is -13.6. The average Bonchev–Trinajstić information content (AvgIpc) is 1.71. The van der Waals surface area contributed by atoms with Crippen LogP contribution in [0, 0.1) is 11.3 Å². The molecule has 0 unspecified atom stereocenters. The lowest BCUT2D eigenvalue weighted by Crippen LogP contribution is -2.61. The van der Waals surface area contributed by atoms with Gasteiger partial charge in [0, 0.05) is 32.4 Å². The number of carboxylic acids is 4. The third kappa shape index (κ3) is 42.9. The maximum absolute atomic E-state index is 14.5. The number of carbonyl (C=O) groups is 24. The van der Waals surface area contributed by atoms with Crippen molar-refractivity contribution in [1.82, 2.24) is 90.0 Å². The Kier molecular flexibility index (Phi) is 49.3.